The zero-order chi connectivity index (χ0) is 15.3. The van der Waals surface area contributed by atoms with Crippen LogP contribution in [0.1, 0.15) is 62.6 Å². The standard InChI is InChI=1S/C19H26O2/c1-13-5-7-15-14(11-13)6-8-16-18(2,12-17(20)21)9-4-10-19(15,16)3/h5,7,11,16H,4,6,8-10,12H2,1-3H3,(H,20,21)/t16-,18?,19?/m0/s1. The predicted molar refractivity (Wildman–Crippen MR) is 84.6 cm³/mol. The van der Waals surface area contributed by atoms with E-state index in [1.54, 1.807) is 0 Å². The van der Waals surface area contributed by atoms with E-state index >= 15 is 0 Å². The van der Waals surface area contributed by atoms with Crippen LogP contribution in [0.15, 0.2) is 18.2 Å². The molecule has 0 heterocycles. The van der Waals surface area contributed by atoms with Crippen molar-refractivity contribution in [1.29, 1.82) is 0 Å². The highest BCUT2D eigenvalue weighted by molar-refractivity contribution is 5.68. The van der Waals surface area contributed by atoms with Crippen LogP contribution in [0, 0.1) is 18.3 Å². The summed E-state index contributed by atoms with van der Waals surface area (Å²) in [5.41, 5.74) is 4.42. The zero-order valence-corrected chi connectivity index (χ0v) is 13.4. The molecule has 3 atom stereocenters. The minimum absolute atomic E-state index is 0.0542. The fourth-order valence-electron chi connectivity index (χ4n) is 5.31. The molecule has 2 nitrogen and oxygen atoms in total. The van der Waals surface area contributed by atoms with Gasteiger partial charge in [-0.3, -0.25) is 4.79 Å². The highest BCUT2D eigenvalue weighted by Gasteiger charge is 2.52. The summed E-state index contributed by atoms with van der Waals surface area (Å²) in [4.78, 5) is 11.3. The molecule has 2 aliphatic rings. The number of hydrogen-bond acceptors (Lipinski definition) is 1. The van der Waals surface area contributed by atoms with Crippen LogP contribution < -0.4 is 0 Å². The first kappa shape index (κ1) is 14.6. The molecule has 0 aliphatic heterocycles. The third-order valence-electron chi connectivity index (χ3n) is 6.19. The molecule has 21 heavy (non-hydrogen) atoms. The first-order valence-corrected chi connectivity index (χ1v) is 8.17. The molecule has 1 fully saturated rings. The highest BCUT2D eigenvalue weighted by atomic mass is 16.4. The van der Waals surface area contributed by atoms with Crippen molar-refractivity contribution in [2.45, 2.75) is 64.7 Å². The van der Waals surface area contributed by atoms with Crippen molar-refractivity contribution in [2.75, 3.05) is 0 Å². The summed E-state index contributed by atoms with van der Waals surface area (Å²) in [5.74, 6) is -0.151. The molecule has 0 aromatic heterocycles. The third kappa shape index (κ3) is 2.29. The van der Waals surface area contributed by atoms with E-state index in [9.17, 15) is 9.90 Å². The van der Waals surface area contributed by atoms with E-state index in [4.69, 9.17) is 0 Å². The summed E-state index contributed by atoms with van der Waals surface area (Å²) in [6.45, 7) is 6.75. The highest BCUT2D eigenvalue weighted by Crippen LogP contribution is 2.58. The van der Waals surface area contributed by atoms with E-state index in [2.05, 4.69) is 39.0 Å². The molecule has 2 heteroatoms. The van der Waals surface area contributed by atoms with E-state index in [0.717, 1.165) is 25.7 Å². The largest absolute Gasteiger partial charge is 0.481 e. The van der Waals surface area contributed by atoms with Crippen molar-refractivity contribution >= 4 is 5.97 Å². The van der Waals surface area contributed by atoms with E-state index in [-0.39, 0.29) is 10.8 Å². The van der Waals surface area contributed by atoms with Crippen LogP contribution in [0.5, 0.6) is 0 Å². The van der Waals surface area contributed by atoms with Crippen molar-refractivity contribution in [3.8, 4) is 0 Å². The molecule has 2 aliphatic carbocycles. The second-order valence-electron chi connectivity index (χ2n) is 7.75. The topological polar surface area (TPSA) is 37.3 Å². The molecule has 0 radical (unpaired) electrons. The Morgan fingerprint density at radius 1 is 1.33 bits per heavy atom. The normalized spacial score (nSPS) is 34.9. The van der Waals surface area contributed by atoms with Gasteiger partial charge in [-0.15, -0.1) is 0 Å². The van der Waals surface area contributed by atoms with E-state index < -0.39 is 5.97 Å². The average Bonchev–Trinajstić information content (AvgIpc) is 2.36. The van der Waals surface area contributed by atoms with Crippen LogP contribution in [0.4, 0.5) is 0 Å². The molecule has 1 aromatic carbocycles. The van der Waals surface area contributed by atoms with Gasteiger partial charge in [0.05, 0.1) is 6.42 Å². The van der Waals surface area contributed by atoms with Crippen molar-refractivity contribution in [3.63, 3.8) is 0 Å². The first-order chi connectivity index (χ1) is 9.85. The van der Waals surface area contributed by atoms with Gasteiger partial charge in [-0.1, -0.05) is 44.0 Å². The van der Waals surface area contributed by atoms with Crippen LogP contribution in [-0.4, -0.2) is 11.1 Å². The van der Waals surface area contributed by atoms with Crippen molar-refractivity contribution in [3.05, 3.63) is 34.9 Å². The summed E-state index contributed by atoms with van der Waals surface area (Å²) < 4.78 is 0. The summed E-state index contributed by atoms with van der Waals surface area (Å²) in [7, 11) is 0. The minimum Gasteiger partial charge on any atom is -0.481 e. The van der Waals surface area contributed by atoms with E-state index in [0.29, 0.717) is 12.3 Å². The maximum Gasteiger partial charge on any atom is 0.303 e. The molecule has 0 spiro atoms. The molecule has 0 saturated heterocycles. The number of hydrogen-bond donors (Lipinski definition) is 1. The number of aliphatic carboxylic acids is 1. The SMILES string of the molecule is Cc1ccc2c(c1)CC[C@H]1C(C)(CC(=O)O)CCCC21C. The maximum absolute atomic E-state index is 11.3. The maximum atomic E-state index is 11.3. The number of carboxylic acid groups (broad SMARTS) is 1. The Labute approximate surface area is 127 Å². The zero-order valence-electron chi connectivity index (χ0n) is 13.4. The number of carbonyl (C=O) groups is 1. The van der Waals surface area contributed by atoms with Crippen molar-refractivity contribution in [2.24, 2.45) is 11.3 Å². The summed E-state index contributed by atoms with van der Waals surface area (Å²) in [6.07, 6.45) is 5.95. The molecule has 3 rings (SSSR count). The molecule has 0 amide bonds. The molecular formula is C19H26O2. The Morgan fingerprint density at radius 3 is 2.81 bits per heavy atom. The molecular weight excluding hydrogens is 260 g/mol. The van der Waals surface area contributed by atoms with Gasteiger partial charge in [0.25, 0.3) is 0 Å². The Bertz CT molecular complexity index is 577. The van der Waals surface area contributed by atoms with Gasteiger partial charge in [-0.05, 0) is 60.5 Å². The smallest absolute Gasteiger partial charge is 0.303 e. The Balaban J connectivity index is 2.04. The second kappa shape index (κ2) is 4.86. The molecule has 2 unspecified atom stereocenters. The lowest BCUT2D eigenvalue weighted by atomic mass is 9.49. The van der Waals surface area contributed by atoms with Crippen LogP contribution in [0.2, 0.25) is 0 Å². The van der Waals surface area contributed by atoms with Gasteiger partial charge in [-0.25, -0.2) is 0 Å². The lowest BCUT2D eigenvalue weighted by Gasteiger charge is -2.55. The fraction of sp³-hybridized carbons (Fsp3) is 0.632. The van der Waals surface area contributed by atoms with Crippen LogP contribution in [0.25, 0.3) is 0 Å². The van der Waals surface area contributed by atoms with Crippen molar-refractivity contribution < 1.29 is 9.90 Å². The molecule has 1 aromatic rings. The Hall–Kier alpha value is -1.31. The van der Waals surface area contributed by atoms with Gasteiger partial charge < -0.3 is 5.11 Å². The van der Waals surface area contributed by atoms with Gasteiger partial charge >= 0.3 is 5.97 Å². The van der Waals surface area contributed by atoms with Crippen LogP contribution >= 0.6 is 0 Å². The number of benzene rings is 1. The van der Waals surface area contributed by atoms with E-state index in [1.165, 1.54) is 23.1 Å². The van der Waals surface area contributed by atoms with Crippen molar-refractivity contribution in [1.82, 2.24) is 0 Å². The molecule has 1 N–H and O–H groups in total. The van der Waals surface area contributed by atoms with Gasteiger partial charge in [0, 0.05) is 0 Å². The number of aryl methyl sites for hydroxylation is 2. The Kier molecular flexibility index (Phi) is 3.38. The summed E-state index contributed by atoms with van der Waals surface area (Å²) >= 11 is 0. The average molecular weight is 286 g/mol. The first-order valence-electron chi connectivity index (χ1n) is 8.17. The number of fused-ring (bicyclic) bond motifs is 3. The van der Waals surface area contributed by atoms with Gasteiger partial charge in [0.1, 0.15) is 0 Å². The third-order valence-corrected chi connectivity index (χ3v) is 6.19. The fourth-order valence-corrected chi connectivity index (χ4v) is 5.31. The van der Waals surface area contributed by atoms with Gasteiger partial charge in [0.2, 0.25) is 0 Å². The molecule has 114 valence electrons. The minimum atomic E-state index is -0.642. The van der Waals surface area contributed by atoms with Gasteiger partial charge in [-0.2, -0.15) is 0 Å². The lowest BCUT2D eigenvalue weighted by Crippen LogP contribution is -2.49. The Morgan fingerprint density at radius 2 is 2.10 bits per heavy atom. The molecule has 0 bridgehead atoms. The van der Waals surface area contributed by atoms with E-state index in [1.807, 2.05) is 0 Å². The summed E-state index contributed by atoms with van der Waals surface area (Å²) in [5, 5.41) is 9.34. The quantitative estimate of drug-likeness (QED) is 0.870. The lowest BCUT2D eigenvalue weighted by molar-refractivity contribution is -0.142. The van der Waals surface area contributed by atoms with Gasteiger partial charge in [0.15, 0.2) is 0 Å². The number of rotatable bonds is 2. The summed E-state index contributed by atoms with van der Waals surface area (Å²) in [6, 6.07) is 6.86. The molecule has 1 saturated carbocycles. The monoisotopic (exact) mass is 286 g/mol. The predicted octanol–water partition coefficient (Wildman–Crippen LogP) is 4.48. The van der Waals surface area contributed by atoms with Crippen LogP contribution in [-0.2, 0) is 16.6 Å². The second-order valence-corrected chi connectivity index (χ2v) is 7.75. The van der Waals surface area contributed by atoms with Crippen LogP contribution in [0.3, 0.4) is 0 Å². The number of carboxylic acids is 1.